The largest absolute Gasteiger partial charge is 0.870 e. The molecule has 0 saturated carbocycles. The molecule has 0 heterocycles. The zero-order chi connectivity index (χ0) is 19.9. The molecule has 3 N–H and O–H groups in total. The van der Waals surface area contributed by atoms with Gasteiger partial charge in [-0.05, 0) is 42.3 Å². The number of hydrogen-bond donors (Lipinski definition) is 2. The van der Waals surface area contributed by atoms with Crippen molar-refractivity contribution in [3.05, 3.63) is 29.2 Å². The number of carbonyl (C=O) groups excluding carboxylic acids is 2. The van der Waals surface area contributed by atoms with Crippen LogP contribution in [-0.2, 0) is 24.3 Å². The highest BCUT2D eigenvalue weighted by molar-refractivity contribution is 7.89. The zero-order valence-corrected chi connectivity index (χ0v) is 16.3. The summed E-state index contributed by atoms with van der Waals surface area (Å²) in [6, 6.07) is 2.92. The molecule has 0 bridgehead atoms. The fraction of sp³-hybridized carbons (Fsp3) is 0.500. The van der Waals surface area contributed by atoms with E-state index in [1.54, 1.807) is 6.92 Å². The molecule has 1 aromatic carbocycles. The second-order valence-electron chi connectivity index (χ2n) is 5.82. The van der Waals surface area contributed by atoms with Gasteiger partial charge in [0.05, 0.1) is 18.0 Å². The molecule has 0 fully saturated rings. The first-order valence-electron chi connectivity index (χ1n) is 8.00. The number of carbonyl (C=O) groups is 2. The van der Waals surface area contributed by atoms with Gasteiger partial charge in [0.15, 0.2) is 0 Å². The van der Waals surface area contributed by atoms with Crippen molar-refractivity contribution >= 4 is 27.6 Å². The van der Waals surface area contributed by atoms with Gasteiger partial charge in [-0.2, -0.15) is 4.72 Å². The molecule has 152 valence electrons. The van der Waals surface area contributed by atoms with Crippen LogP contribution < -0.4 is 10.0 Å². The number of amides is 1. The Morgan fingerprint density at radius 1 is 1.19 bits per heavy atom. The lowest BCUT2D eigenvalue weighted by molar-refractivity contribution is -0.146. The lowest BCUT2D eigenvalue weighted by Gasteiger charge is -2.23. The van der Waals surface area contributed by atoms with E-state index in [1.807, 2.05) is 6.92 Å². The molecule has 3 atom stereocenters. The molecule has 11 heteroatoms. The molecule has 0 saturated heterocycles. The van der Waals surface area contributed by atoms with Crippen LogP contribution in [0.4, 0.5) is 5.69 Å². The van der Waals surface area contributed by atoms with E-state index in [0.29, 0.717) is 6.42 Å². The number of nitrogens with one attached hydrogen (secondary N) is 2. The predicted molar refractivity (Wildman–Crippen MR) is 97.0 cm³/mol. The molecule has 1 amide bonds. The van der Waals surface area contributed by atoms with Gasteiger partial charge in [0, 0.05) is 0 Å². The van der Waals surface area contributed by atoms with Crippen molar-refractivity contribution in [2.45, 2.75) is 44.2 Å². The number of nitrogens with zero attached hydrogens (tertiary/aromatic N) is 1. The second kappa shape index (κ2) is 10.7. The molecular weight excluding hydrogens is 378 g/mol. The molecule has 0 aromatic heterocycles. The van der Waals surface area contributed by atoms with Gasteiger partial charge < -0.3 is 15.5 Å². The smallest absolute Gasteiger partial charge is 0.328 e. The summed E-state index contributed by atoms with van der Waals surface area (Å²) in [6.45, 7) is 5.00. The van der Waals surface area contributed by atoms with E-state index < -0.39 is 34.0 Å². The first kappa shape index (κ1) is 24.6. The van der Waals surface area contributed by atoms with E-state index in [9.17, 15) is 22.9 Å². The average molecular weight is 402 g/mol. The number of methoxy groups -OCH3 is 1. The van der Waals surface area contributed by atoms with Crippen molar-refractivity contribution in [2.75, 3.05) is 7.11 Å². The monoisotopic (exact) mass is 402 g/mol. The van der Waals surface area contributed by atoms with Crippen LogP contribution >= 0.6 is 0 Å². The Morgan fingerprint density at radius 2 is 1.74 bits per heavy atom. The molecule has 0 aliphatic heterocycles. The van der Waals surface area contributed by atoms with Crippen LogP contribution in [0.25, 0.3) is 0 Å². The fourth-order valence-electron chi connectivity index (χ4n) is 2.11. The molecule has 0 unspecified atom stereocenters. The summed E-state index contributed by atoms with van der Waals surface area (Å²) in [5.74, 6) is -1.44. The summed E-state index contributed by atoms with van der Waals surface area (Å²) in [5.41, 5.74) is 0.0872. The molecule has 27 heavy (non-hydrogen) atoms. The highest BCUT2D eigenvalue weighted by atomic mass is 32.2. The summed E-state index contributed by atoms with van der Waals surface area (Å²) in [7, 11) is -2.77. The SMILES string of the molecule is CC[C@H](C)[C@H](NC(=O)[C@H](C)NS(=O)(=O)c1ccc(N=O)cc1)C(=O)OC.[OH-]. The second-order valence-corrected chi connectivity index (χ2v) is 7.54. The molecular formula is C16H24N3O7S-. The minimum atomic E-state index is -3.99. The fourth-order valence-corrected chi connectivity index (χ4v) is 3.32. The average Bonchev–Trinajstić information content (AvgIpc) is 2.64. The van der Waals surface area contributed by atoms with Gasteiger partial charge in [-0.25, -0.2) is 13.2 Å². The summed E-state index contributed by atoms with van der Waals surface area (Å²) in [5, 5.41) is 5.21. The van der Waals surface area contributed by atoms with Gasteiger partial charge in [-0.1, -0.05) is 20.3 Å². The van der Waals surface area contributed by atoms with E-state index in [0.717, 1.165) is 0 Å². The number of rotatable bonds is 9. The molecule has 0 aliphatic rings. The summed E-state index contributed by atoms with van der Waals surface area (Å²) < 4.78 is 31.6. The van der Waals surface area contributed by atoms with Crippen LogP contribution in [0.2, 0.25) is 0 Å². The molecule has 1 aromatic rings. The maximum atomic E-state index is 12.3. The van der Waals surface area contributed by atoms with E-state index in [4.69, 9.17) is 0 Å². The zero-order valence-electron chi connectivity index (χ0n) is 15.5. The Hall–Kier alpha value is -2.37. The summed E-state index contributed by atoms with van der Waals surface area (Å²) in [4.78, 5) is 34.4. The standard InChI is InChI=1S/C16H23N3O6S.H2O/c1-5-10(2)14(16(21)25-4)17-15(20)11(3)19-26(23,24)13-8-6-12(18-22)7-9-13;/h6-11,14,19H,5H2,1-4H3,(H,17,20);1H2/p-1/t10-,11-,14-;/m0./s1. The highest BCUT2D eigenvalue weighted by Crippen LogP contribution is 2.16. The van der Waals surface area contributed by atoms with Gasteiger partial charge in [0.25, 0.3) is 0 Å². The van der Waals surface area contributed by atoms with Gasteiger partial charge in [0.2, 0.25) is 15.9 Å². The van der Waals surface area contributed by atoms with Gasteiger partial charge in [-0.15, -0.1) is 4.91 Å². The Labute approximate surface area is 158 Å². The van der Waals surface area contributed by atoms with E-state index in [-0.39, 0.29) is 22.0 Å². The third-order valence-electron chi connectivity index (χ3n) is 3.94. The van der Waals surface area contributed by atoms with Crippen LogP contribution in [0.3, 0.4) is 0 Å². The Bertz CT molecular complexity index is 750. The first-order valence-corrected chi connectivity index (χ1v) is 9.48. The van der Waals surface area contributed by atoms with Crippen molar-refractivity contribution < 1.29 is 28.2 Å². The van der Waals surface area contributed by atoms with Crippen molar-refractivity contribution in [1.82, 2.24) is 10.0 Å². The molecule has 0 aliphatic carbocycles. The topological polar surface area (TPSA) is 161 Å². The maximum Gasteiger partial charge on any atom is 0.328 e. The number of hydrogen-bond acceptors (Lipinski definition) is 8. The summed E-state index contributed by atoms with van der Waals surface area (Å²) >= 11 is 0. The van der Waals surface area contributed by atoms with Crippen molar-refractivity contribution in [3.8, 4) is 0 Å². The number of sulfonamides is 1. The molecule has 0 spiro atoms. The Morgan fingerprint density at radius 3 is 2.19 bits per heavy atom. The van der Waals surface area contributed by atoms with Gasteiger partial charge >= 0.3 is 5.97 Å². The van der Waals surface area contributed by atoms with Crippen molar-refractivity contribution in [3.63, 3.8) is 0 Å². The number of nitroso groups, excluding NO2 is 1. The Kier molecular flexibility index (Phi) is 9.76. The minimum absolute atomic E-state index is 0. The van der Waals surface area contributed by atoms with Crippen molar-refractivity contribution in [1.29, 1.82) is 0 Å². The van der Waals surface area contributed by atoms with Crippen LogP contribution in [0.1, 0.15) is 27.2 Å². The van der Waals surface area contributed by atoms with E-state index in [2.05, 4.69) is 20.0 Å². The van der Waals surface area contributed by atoms with Crippen LogP contribution in [0.5, 0.6) is 0 Å². The predicted octanol–water partition coefficient (Wildman–Crippen LogP) is 1.28. The van der Waals surface area contributed by atoms with Crippen LogP contribution in [-0.4, -0.2) is 45.0 Å². The lowest BCUT2D eigenvalue weighted by Crippen LogP contribution is -2.52. The number of benzene rings is 1. The minimum Gasteiger partial charge on any atom is -0.870 e. The van der Waals surface area contributed by atoms with Crippen molar-refractivity contribution in [2.24, 2.45) is 11.1 Å². The van der Waals surface area contributed by atoms with Gasteiger partial charge in [-0.3, -0.25) is 4.79 Å². The van der Waals surface area contributed by atoms with Gasteiger partial charge in [0.1, 0.15) is 11.7 Å². The molecule has 0 radical (unpaired) electrons. The van der Waals surface area contributed by atoms with E-state index in [1.165, 1.54) is 38.3 Å². The summed E-state index contributed by atoms with van der Waals surface area (Å²) in [6.07, 6.45) is 0.622. The third-order valence-corrected chi connectivity index (χ3v) is 5.50. The molecule has 1 rings (SSSR count). The number of esters is 1. The Balaban J connectivity index is 0.00000676. The highest BCUT2D eigenvalue weighted by Gasteiger charge is 2.30. The molecule has 10 nitrogen and oxygen atoms in total. The third kappa shape index (κ3) is 6.70. The lowest BCUT2D eigenvalue weighted by atomic mass is 9.99. The quantitative estimate of drug-likeness (QED) is 0.464. The number of ether oxygens (including phenoxy) is 1. The van der Waals surface area contributed by atoms with E-state index >= 15 is 0 Å². The van der Waals surface area contributed by atoms with Crippen LogP contribution in [0.15, 0.2) is 34.3 Å². The first-order chi connectivity index (χ1) is 12.2. The van der Waals surface area contributed by atoms with Crippen LogP contribution in [0, 0.1) is 10.8 Å². The normalized spacial score (nSPS) is 14.2. The maximum absolute atomic E-state index is 12.3.